The highest BCUT2D eigenvalue weighted by Gasteiger charge is 2.14. The molecule has 2 N–H and O–H groups in total. The van der Waals surface area contributed by atoms with Crippen LogP contribution in [0.15, 0.2) is 10.4 Å². The molecule has 1 unspecified atom stereocenters. The Morgan fingerprint density at radius 3 is 2.79 bits per heavy atom. The molecule has 0 aromatic carbocycles. The van der Waals surface area contributed by atoms with Gasteiger partial charge in [0.15, 0.2) is 11.1 Å². The topological polar surface area (TPSA) is 65.0 Å². The highest BCUT2D eigenvalue weighted by Crippen LogP contribution is 2.17. The molecule has 0 amide bonds. The van der Waals surface area contributed by atoms with Crippen molar-refractivity contribution >= 4 is 22.4 Å². The van der Waals surface area contributed by atoms with Gasteiger partial charge >= 0.3 is 0 Å². The van der Waals surface area contributed by atoms with E-state index in [-0.39, 0.29) is 0 Å². The molecule has 1 aromatic rings. The van der Waals surface area contributed by atoms with Gasteiger partial charge in [-0.2, -0.15) is 0 Å². The number of guanidine groups is 1. The van der Waals surface area contributed by atoms with Gasteiger partial charge in [-0.05, 0) is 5.92 Å². The second-order valence-corrected chi connectivity index (χ2v) is 7.18. The van der Waals surface area contributed by atoms with Crippen LogP contribution in [-0.4, -0.2) is 76.4 Å². The van der Waals surface area contributed by atoms with Gasteiger partial charge in [0.2, 0.25) is 0 Å². The number of hydrogen-bond donors (Lipinski definition) is 2. The number of nitrogens with zero attached hydrogens (tertiary/aromatic N) is 4. The van der Waals surface area contributed by atoms with Gasteiger partial charge in [-0.1, -0.05) is 6.92 Å². The summed E-state index contributed by atoms with van der Waals surface area (Å²) in [7, 11) is 5.81. The highest BCUT2D eigenvalue weighted by atomic mass is 32.1. The van der Waals surface area contributed by atoms with Gasteiger partial charge in [-0.15, -0.1) is 11.3 Å². The predicted molar refractivity (Wildman–Crippen MR) is 101 cm³/mol. The van der Waals surface area contributed by atoms with E-state index < -0.39 is 0 Å². The third-order valence-electron chi connectivity index (χ3n) is 3.87. The molecule has 8 heteroatoms. The number of aliphatic imine (C=N–C) groups is 1. The van der Waals surface area contributed by atoms with E-state index in [4.69, 9.17) is 4.74 Å². The maximum Gasteiger partial charge on any atom is 0.191 e. The van der Waals surface area contributed by atoms with Crippen LogP contribution in [0, 0.1) is 5.92 Å². The normalized spacial score (nSPS) is 17.6. The summed E-state index contributed by atoms with van der Waals surface area (Å²) in [6, 6.07) is 0. The lowest BCUT2D eigenvalue weighted by molar-refractivity contribution is 0.0320. The summed E-state index contributed by atoms with van der Waals surface area (Å²) in [6.45, 7) is 8.71. The van der Waals surface area contributed by atoms with Gasteiger partial charge in [0, 0.05) is 52.7 Å². The van der Waals surface area contributed by atoms with E-state index in [1.54, 1.807) is 18.4 Å². The fourth-order valence-electron chi connectivity index (χ4n) is 2.54. The maximum atomic E-state index is 5.39. The van der Waals surface area contributed by atoms with Gasteiger partial charge in [0.05, 0.1) is 25.5 Å². The molecule has 1 saturated heterocycles. The molecular formula is C16H30N6OS. The number of ether oxygens (including phenoxy) is 1. The molecule has 0 saturated carbocycles. The summed E-state index contributed by atoms with van der Waals surface area (Å²) in [5, 5.41) is 9.83. The minimum absolute atomic E-state index is 0.557. The number of morpholine rings is 1. The lowest BCUT2D eigenvalue weighted by Crippen LogP contribution is -2.43. The highest BCUT2D eigenvalue weighted by molar-refractivity contribution is 7.13. The number of rotatable bonds is 7. The van der Waals surface area contributed by atoms with E-state index in [2.05, 4.69) is 37.8 Å². The Kier molecular flexibility index (Phi) is 7.74. The first-order valence-corrected chi connectivity index (χ1v) is 9.32. The van der Waals surface area contributed by atoms with Crippen molar-refractivity contribution in [2.75, 3.05) is 65.4 Å². The second-order valence-electron chi connectivity index (χ2n) is 6.34. The zero-order chi connectivity index (χ0) is 17.4. The first-order valence-electron chi connectivity index (χ1n) is 8.45. The number of anilines is 1. The molecule has 1 aromatic heterocycles. The first-order chi connectivity index (χ1) is 11.6. The molecule has 1 aliphatic heterocycles. The molecule has 0 spiro atoms. The van der Waals surface area contributed by atoms with E-state index in [1.807, 2.05) is 19.0 Å². The van der Waals surface area contributed by atoms with Crippen LogP contribution in [-0.2, 0) is 11.3 Å². The quantitative estimate of drug-likeness (QED) is 0.559. The largest absolute Gasteiger partial charge is 0.379 e. The average Bonchev–Trinajstić information content (AvgIpc) is 3.05. The first kappa shape index (κ1) is 19.0. The molecule has 1 aliphatic rings. The Balaban J connectivity index is 1.69. The van der Waals surface area contributed by atoms with Crippen molar-refractivity contribution in [3.05, 3.63) is 11.1 Å². The van der Waals surface area contributed by atoms with E-state index >= 15 is 0 Å². The van der Waals surface area contributed by atoms with Crippen LogP contribution in [0.1, 0.15) is 12.6 Å². The summed E-state index contributed by atoms with van der Waals surface area (Å²) in [4.78, 5) is 13.3. The van der Waals surface area contributed by atoms with E-state index in [0.717, 1.165) is 56.2 Å². The third-order valence-corrected chi connectivity index (χ3v) is 4.93. The molecule has 0 aliphatic carbocycles. The Labute approximate surface area is 149 Å². The summed E-state index contributed by atoms with van der Waals surface area (Å²) in [6.07, 6.45) is 0. The van der Waals surface area contributed by atoms with Crippen LogP contribution in [0.4, 0.5) is 5.13 Å². The van der Waals surface area contributed by atoms with Crippen molar-refractivity contribution in [3.63, 3.8) is 0 Å². The molecule has 2 rings (SSSR count). The molecule has 0 radical (unpaired) electrons. The van der Waals surface area contributed by atoms with Crippen molar-refractivity contribution < 1.29 is 4.74 Å². The van der Waals surface area contributed by atoms with Gasteiger partial charge < -0.3 is 20.3 Å². The zero-order valence-corrected chi connectivity index (χ0v) is 16.0. The van der Waals surface area contributed by atoms with Crippen molar-refractivity contribution in [3.8, 4) is 0 Å². The number of nitrogens with one attached hydrogen (secondary N) is 2. The van der Waals surface area contributed by atoms with Crippen molar-refractivity contribution in [2.24, 2.45) is 10.9 Å². The summed E-state index contributed by atoms with van der Waals surface area (Å²) < 4.78 is 5.39. The molecule has 24 heavy (non-hydrogen) atoms. The van der Waals surface area contributed by atoms with Gasteiger partial charge in [-0.25, -0.2) is 4.98 Å². The Hall–Kier alpha value is -1.38. The van der Waals surface area contributed by atoms with Gasteiger partial charge in [-0.3, -0.25) is 9.89 Å². The second kappa shape index (κ2) is 9.80. The monoisotopic (exact) mass is 354 g/mol. The molecule has 0 bridgehead atoms. The molecule has 1 fully saturated rings. The van der Waals surface area contributed by atoms with Gasteiger partial charge in [0.25, 0.3) is 0 Å². The van der Waals surface area contributed by atoms with Crippen LogP contribution in [0.5, 0.6) is 0 Å². The summed E-state index contributed by atoms with van der Waals surface area (Å²) >= 11 is 1.65. The molecular weight excluding hydrogens is 324 g/mol. The minimum Gasteiger partial charge on any atom is -0.379 e. The number of aromatic nitrogens is 1. The average molecular weight is 355 g/mol. The number of hydrogen-bond acceptors (Lipinski definition) is 6. The lowest BCUT2D eigenvalue weighted by Gasteiger charge is -2.29. The van der Waals surface area contributed by atoms with E-state index in [0.29, 0.717) is 12.5 Å². The molecule has 2 heterocycles. The smallest absolute Gasteiger partial charge is 0.191 e. The molecule has 136 valence electrons. The fraction of sp³-hybridized carbons (Fsp3) is 0.750. The Morgan fingerprint density at radius 1 is 1.42 bits per heavy atom. The van der Waals surface area contributed by atoms with Crippen molar-refractivity contribution in [1.82, 2.24) is 20.5 Å². The standard InChI is InChI=1S/C16H30N6OS/c1-13(11-22-5-7-23-8-6-22)9-18-15(17-2)19-10-14-12-24-16(20-14)21(3)4/h12-13H,5-11H2,1-4H3,(H2,17,18,19). The van der Waals surface area contributed by atoms with Crippen molar-refractivity contribution in [2.45, 2.75) is 13.5 Å². The fourth-order valence-corrected chi connectivity index (χ4v) is 3.30. The third kappa shape index (κ3) is 6.26. The zero-order valence-electron chi connectivity index (χ0n) is 15.2. The Morgan fingerprint density at radius 2 is 2.17 bits per heavy atom. The lowest BCUT2D eigenvalue weighted by atomic mass is 10.1. The van der Waals surface area contributed by atoms with Crippen LogP contribution in [0.25, 0.3) is 0 Å². The Bertz CT molecular complexity index is 512. The van der Waals surface area contributed by atoms with Crippen LogP contribution in [0.3, 0.4) is 0 Å². The maximum absolute atomic E-state index is 5.39. The SMILES string of the molecule is CN=C(NCc1csc(N(C)C)n1)NCC(C)CN1CCOCC1. The van der Waals surface area contributed by atoms with Crippen LogP contribution in [0.2, 0.25) is 0 Å². The number of thiazole rings is 1. The minimum atomic E-state index is 0.557. The summed E-state index contributed by atoms with van der Waals surface area (Å²) in [5.74, 6) is 1.38. The predicted octanol–water partition coefficient (Wildman–Crippen LogP) is 0.842. The van der Waals surface area contributed by atoms with E-state index in [1.165, 1.54) is 0 Å². The van der Waals surface area contributed by atoms with Gasteiger partial charge in [0.1, 0.15) is 0 Å². The van der Waals surface area contributed by atoms with E-state index in [9.17, 15) is 0 Å². The van der Waals surface area contributed by atoms with Crippen LogP contribution < -0.4 is 15.5 Å². The van der Waals surface area contributed by atoms with Crippen LogP contribution >= 0.6 is 11.3 Å². The summed E-state index contributed by atoms with van der Waals surface area (Å²) in [5.41, 5.74) is 1.04. The molecule has 1 atom stereocenters. The molecule has 7 nitrogen and oxygen atoms in total. The van der Waals surface area contributed by atoms with Crippen molar-refractivity contribution in [1.29, 1.82) is 0 Å².